The van der Waals surface area contributed by atoms with E-state index < -0.39 is 11.9 Å². The van der Waals surface area contributed by atoms with Crippen molar-refractivity contribution in [3.63, 3.8) is 0 Å². The third kappa shape index (κ3) is 3.57. The third-order valence-corrected chi connectivity index (χ3v) is 3.25. The molecule has 0 spiro atoms. The number of esters is 1. The molecule has 0 atom stereocenters. The first-order valence-electron chi connectivity index (χ1n) is 7.13. The lowest BCUT2D eigenvalue weighted by Crippen LogP contribution is -2.30. The molecule has 1 N–H and O–H groups in total. The van der Waals surface area contributed by atoms with E-state index in [1.807, 2.05) is 11.4 Å². The molecule has 0 bridgehead atoms. The molecule has 9 heteroatoms. The van der Waals surface area contributed by atoms with Crippen molar-refractivity contribution in [3.8, 4) is 0 Å². The van der Waals surface area contributed by atoms with Gasteiger partial charge in [0, 0.05) is 26.0 Å². The molecule has 126 valence electrons. The number of nitrogens with one attached hydrogen (secondary N) is 1. The van der Waals surface area contributed by atoms with Crippen LogP contribution in [0.15, 0.2) is 30.0 Å². The molecule has 2 amide bonds. The Morgan fingerprint density at radius 2 is 2.17 bits per heavy atom. The molecule has 1 aromatic carbocycles. The minimum absolute atomic E-state index is 0.111. The monoisotopic (exact) mass is 331 g/mol. The van der Waals surface area contributed by atoms with Gasteiger partial charge in [-0.1, -0.05) is 5.21 Å². The highest BCUT2D eigenvalue weighted by Gasteiger charge is 2.20. The number of nitrogens with zero attached hydrogens (tertiary/aromatic N) is 4. The van der Waals surface area contributed by atoms with Crippen molar-refractivity contribution in [1.82, 2.24) is 20.3 Å². The summed E-state index contributed by atoms with van der Waals surface area (Å²) in [5.74, 6) is -1.65. The van der Waals surface area contributed by atoms with Gasteiger partial charge in [0.2, 0.25) is 6.41 Å². The van der Waals surface area contributed by atoms with E-state index in [9.17, 15) is 14.4 Å². The Morgan fingerprint density at radius 3 is 2.83 bits per heavy atom. The van der Waals surface area contributed by atoms with Gasteiger partial charge in [0.25, 0.3) is 5.91 Å². The number of carbonyl (C=O) groups excluding carboxylic acids is 3. The Hall–Kier alpha value is -3.23. The van der Waals surface area contributed by atoms with Crippen LogP contribution in [0.3, 0.4) is 0 Å². The van der Waals surface area contributed by atoms with Crippen molar-refractivity contribution >= 4 is 35.0 Å². The number of benzene rings is 1. The van der Waals surface area contributed by atoms with Gasteiger partial charge in [-0.05, 0) is 25.1 Å². The highest BCUT2D eigenvalue weighted by atomic mass is 16.5. The first-order valence-corrected chi connectivity index (χ1v) is 7.13. The van der Waals surface area contributed by atoms with Gasteiger partial charge in [-0.2, -0.15) is 0 Å². The number of aromatic nitrogens is 3. The lowest BCUT2D eigenvalue weighted by atomic mass is 10.2. The Kier molecular flexibility index (Phi) is 5.25. The second-order valence-corrected chi connectivity index (χ2v) is 4.85. The van der Waals surface area contributed by atoms with Crippen molar-refractivity contribution in [2.75, 3.05) is 18.6 Å². The summed E-state index contributed by atoms with van der Waals surface area (Å²) in [7, 11) is 3.44. The Morgan fingerprint density at radius 1 is 1.42 bits per heavy atom. The zero-order valence-corrected chi connectivity index (χ0v) is 13.5. The van der Waals surface area contributed by atoms with Crippen LogP contribution in [0.4, 0.5) is 5.69 Å². The van der Waals surface area contributed by atoms with Gasteiger partial charge in [-0.3, -0.25) is 14.9 Å². The molecule has 0 unspecified atom stereocenters. The van der Waals surface area contributed by atoms with E-state index >= 15 is 0 Å². The fourth-order valence-electron chi connectivity index (χ4n) is 2.06. The average Bonchev–Trinajstić information content (AvgIpc) is 2.93. The lowest BCUT2D eigenvalue weighted by molar-refractivity contribution is -0.140. The van der Waals surface area contributed by atoms with Crippen molar-refractivity contribution in [2.45, 2.75) is 6.92 Å². The zero-order chi connectivity index (χ0) is 17.7. The number of rotatable bonds is 6. The fraction of sp³-hybridized carbons (Fsp3) is 0.267. The molecule has 0 aliphatic carbocycles. The average molecular weight is 331 g/mol. The summed E-state index contributed by atoms with van der Waals surface area (Å²) in [6.45, 7) is 1.73. The Balaban J connectivity index is 2.35. The molecule has 2 aromatic rings. The SMILES string of the molecule is CCOC(=O)/C(=C/N(C)c1ccc2c(c1)nnn2C)C(=O)NC=O. The van der Waals surface area contributed by atoms with Crippen LogP contribution in [0.2, 0.25) is 0 Å². The Bertz CT molecular complexity index is 811. The molecule has 24 heavy (non-hydrogen) atoms. The first kappa shape index (κ1) is 17.1. The minimum atomic E-state index is -0.837. The van der Waals surface area contributed by atoms with Gasteiger partial charge in [0.1, 0.15) is 11.1 Å². The molecule has 9 nitrogen and oxygen atoms in total. The standard InChI is InChI=1S/C15H17N5O4/c1-4-24-15(23)11(14(22)16-9-21)8-19(2)10-5-6-13-12(7-10)17-18-20(13)3/h5-9H,4H2,1-3H3,(H,16,21,22)/b11-8+. The number of carbonyl (C=O) groups is 3. The van der Waals surface area contributed by atoms with E-state index in [1.54, 1.807) is 42.7 Å². The van der Waals surface area contributed by atoms with Gasteiger partial charge >= 0.3 is 5.97 Å². The number of anilines is 1. The van der Waals surface area contributed by atoms with Gasteiger partial charge in [-0.25, -0.2) is 9.48 Å². The zero-order valence-electron chi connectivity index (χ0n) is 13.5. The van der Waals surface area contributed by atoms with Crippen molar-refractivity contribution in [1.29, 1.82) is 0 Å². The summed E-state index contributed by atoms with van der Waals surface area (Å²) in [5.41, 5.74) is 1.92. The smallest absolute Gasteiger partial charge is 0.345 e. The number of amides is 2. The summed E-state index contributed by atoms with van der Waals surface area (Å²) >= 11 is 0. The summed E-state index contributed by atoms with van der Waals surface area (Å²) < 4.78 is 6.48. The maximum absolute atomic E-state index is 11.9. The van der Waals surface area contributed by atoms with E-state index in [1.165, 1.54) is 6.20 Å². The predicted octanol–water partition coefficient (Wildman–Crippen LogP) is 0.124. The second-order valence-electron chi connectivity index (χ2n) is 4.85. The number of ether oxygens (including phenoxy) is 1. The molecule has 0 saturated carbocycles. The Labute approximate surface area is 137 Å². The molecule has 1 aromatic heterocycles. The summed E-state index contributed by atoms with van der Waals surface area (Å²) in [6.07, 6.45) is 1.51. The number of hydrogen-bond acceptors (Lipinski definition) is 7. The van der Waals surface area contributed by atoms with Crippen LogP contribution in [-0.4, -0.2) is 46.9 Å². The lowest BCUT2D eigenvalue weighted by Gasteiger charge is -2.16. The summed E-state index contributed by atoms with van der Waals surface area (Å²) in [6, 6.07) is 5.38. The molecule has 0 saturated heterocycles. The van der Waals surface area contributed by atoms with Crippen LogP contribution in [0.1, 0.15) is 6.92 Å². The molecular formula is C15H17N5O4. The largest absolute Gasteiger partial charge is 0.462 e. The topological polar surface area (TPSA) is 106 Å². The van der Waals surface area contributed by atoms with E-state index in [2.05, 4.69) is 10.3 Å². The third-order valence-electron chi connectivity index (χ3n) is 3.25. The summed E-state index contributed by atoms with van der Waals surface area (Å²) in [4.78, 5) is 35.8. The number of aryl methyl sites for hydroxylation is 1. The first-order chi connectivity index (χ1) is 11.5. The molecule has 0 radical (unpaired) electrons. The van der Waals surface area contributed by atoms with Crippen LogP contribution in [0.25, 0.3) is 11.0 Å². The van der Waals surface area contributed by atoms with Crippen molar-refractivity contribution in [2.24, 2.45) is 7.05 Å². The van der Waals surface area contributed by atoms with Gasteiger partial charge in [0.05, 0.1) is 12.1 Å². The van der Waals surface area contributed by atoms with E-state index in [0.717, 1.165) is 5.52 Å². The normalized spacial score (nSPS) is 11.2. The van der Waals surface area contributed by atoms with E-state index in [0.29, 0.717) is 11.2 Å². The quantitative estimate of drug-likeness (QED) is 0.263. The van der Waals surface area contributed by atoms with Gasteiger partial charge < -0.3 is 9.64 Å². The van der Waals surface area contributed by atoms with Gasteiger partial charge in [0.15, 0.2) is 0 Å². The van der Waals surface area contributed by atoms with Crippen LogP contribution in [0.5, 0.6) is 0 Å². The maximum atomic E-state index is 11.9. The number of imide groups is 1. The van der Waals surface area contributed by atoms with Crippen LogP contribution in [0, 0.1) is 0 Å². The highest BCUT2D eigenvalue weighted by Crippen LogP contribution is 2.20. The second kappa shape index (κ2) is 7.36. The summed E-state index contributed by atoms with van der Waals surface area (Å²) in [5, 5.41) is 9.87. The van der Waals surface area contributed by atoms with Crippen molar-refractivity contribution in [3.05, 3.63) is 30.0 Å². The molecule has 0 aliphatic heterocycles. The minimum Gasteiger partial charge on any atom is -0.462 e. The van der Waals surface area contributed by atoms with E-state index in [4.69, 9.17) is 4.74 Å². The maximum Gasteiger partial charge on any atom is 0.345 e. The van der Waals surface area contributed by atoms with Crippen LogP contribution < -0.4 is 10.2 Å². The highest BCUT2D eigenvalue weighted by molar-refractivity contribution is 6.18. The van der Waals surface area contributed by atoms with Gasteiger partial charge in [-0.15, -0.1) is 5.10 Å². The molecular weight excluding hydrogens is 314 g/mol. The predicted molar refractivity (Wildman–Crippen MR) is 85.8 cm³/mol. The number of fused-ring (bicyclic) bond motifs is 1. The molecule has 0 aliphatic rings. The van der Waals surface area contributed by atoms with Crippen LogP contribution in [-0.2, 0) is 26.2 Å². The molecule has 0 fully saturated rings. The molecule has 1 heterocycles. The number of hydrogen-bond donors (Lipinski definition) is 1. The molecule has 2 rings (SSSR count). The van der Waals surface area contributed by atoms with Crippen LogP contribution >= 0.6 is 0 Å². The fourth-order valence-corrected chi connectivity index (χ4v) is 2.06. The van der Waals surface area contributed by atoms with Crippen molar-refractivity contribution < 1.29 is 19.1 Å². The van der Waals surface area contributed by atoms with E-state index in [-0.39, 0.29) is 18.6 Å².